The molecule has 0 aliphatic heterocycles. The van der Waals surface area contributed by atoms with Crippen molar-refractivity contribution in [3.8, 4) is 0 Å². The third-order valence-electron chi connectivity index (χ3n) is 3.45. The number of benzene rings is 1. The first-order valence-corrected chi connectivity index (χ1v) is 6.91. The molecule has 106 valence electrons. The summed E-state index contributed by atoms with van der Waals surface area (Å²) in [6.07, 6.45) is 3.13. The Morgan fingerprint density at radius 3 is 2.52 bits per heavy atom. The summed E-state index contributed by atoms with van der Waals surface area (Å²) in [6.45, 7) is 4.32. The normalized spacial score (nSPS) is 11.0. The molecule has 4 heteroatoms. The van der Waals surface area contributed by atoms with E-state index in [4.69, 9.17) is 0 Å². The molecule has 0 bridgehead atoms. The molecule has 1 N–H and O–H groups in total. The first-order valence-electron chi connectivity index (χ1n) is 6.91. The van der Waals surface area contributed by atoms with Crippen LogP contribution >= 0.6 is 0 Å². The van der Waals surface area contributed by atoms with Gasteiger partial charge in [0.1, 0.15) is 0 Å². The molecule has 0 atom stereocenters. The molecule has 21 heavy (non-hydrogen) atoms. The molecular formula is C17H16FN3. The van der Waals surface area contributed by atoms with Crippen molar-refractivity contribution < 1.29 is 4.39 Å². The van der Waals surface area contributed by atoms with E-state index < -0.39 is 5.95 Å². The van der Waals surface area contributed by atoms with Crippen LogP contribution in [0.3, 0.4) is 0 Å². The predicted octanol–water partition coefficient (Wildman–Crippen LogP) is 4.64. The Morgan fingerprint density at radius 2 is 1.81 bits per heavy atom. The number of hydrogen-bond acceptors (Lipinski definition) is 3. The third kappa shape index (κ3) is 2.84. The summed E-state index contributed by atoms with van der Waals surface area (Å²) >= 11 is 0. The van der Waals surface area contributed by atoms with Crippen LogP contribution in [-0.4, -0.2) is 9.97 Å². The van der Waals surface area contributed by atoms with Crippen LogP contribution in [0.1, 0.15) is 25.3 Å². The highest BCUT2D eigenvalue weighted by molar-refractivity contribution is 5.92. The molecule has 1 aromatic carbocycles. The van der Waals surface area contributed by atoms with E-state index in [9.17, 15) is 4.39 Å². The molecule has 3 nitrogen and oxygen atoms in total. The zero-order chi connectivity index (χ0) is 14.8. The van der Waals surface area contributed by atoms with Gasteiger partial charge in [-0.05, 0) is 29.7 Å². The van der Waals surface area contributed by atoms with Crippen molar-refractivity contribution >= 4 is 22.3 Å². The number of anilines is 2. The maximum absolute atomic E-state index is 13.3. The van der Waals surface area contributed by atoms with Crippen LogP contribution in [0.2, 0.25) is 0 Å². The van der Waals surface area contributed by atoms with Gasteiger partial charge in [0.15, 0.2) is 0 Å². The number of nitrogens with one attached hydrogen (secondary N) is 1. The van der Waals surface area contributed by atoms with Crippen LogP contribution in [-0.2, 0) is 0 Å². The van der Waals surface area contributed by atoms with E-state index in [1.807, 2.05) is 18.2 Å². The smallest absolute Gasteiger partial charge is 0.213 e. The van der Waals surface area contributed by atoms with Gasteiger partial charge in [-0.2, -0.15) is 4.39 Å². The molecule has 0 unspecified atom stereocenters. The van der Waals surface area contributed by atoms with E-state index in [-0.39, 0.29) is 0 Å². The van der Waals surface area contributed by atoms with Gasteiger partial charge in [0.25, 0.3) is 0 Å². The topological polar surface area (TPSA) is 37.8 Å². The van der Waals surface area contributed by atoms with Crippen molar-refractivity contribution in [1.29, 1.82) is 0 Å². The second-order valence-corrected chi connectivity index (χ2v) is 5.28. The lowest BCUT2D eigenvalue weighted by Crippen LogP contribution is -1.95. The minimum Gasteiger partial charge on any atom is -0.355 e. The van der Waals surface area contributed by atoms with E-state index in [0.717, 1.165) is 16.8 Å². The molecule has 0 aliphatic carbocycles. The number of nitrogens with zero attached hydrogens (tertiary/aromatic N) is 2. The minimum atomic E-state index is -0.506. The lowest BCUT2D eigenvalue weighted by atomic mass is 10.0. The first kappa shape index (κ1) is 13.5. The fraction of sp³-hybridized carbons (Fsp3) is 0.176. The van der Waals surface area contributed by atoms with Crippen LogP contribution in [0, 0.1) is 5.95 Å². The monoisotopic (exact) mass is 281 g/mol. The molecule has 0 amide bonds. The van der Waals surface area contributed by atoms with Crippen LogP contribution in [0.15, 0.2) is 48.8 Å². The summed E-state index contributed by atoms with van der Waals surface area (Å²) < 4.78 is 13.3. The summed E-state index contributed by atoms with van der Waals surface area (Å²) in [5.41, 5.74) is 3.73. The Kier molecular flexibility index (Phi) is 3.52. The second kappa shape index (κ2) is 5.48. The zero-order valence-corrected chi connectivity index (χ0v) is 12.0. The Hall–Kier alpha value is -2.49. The van der Waals surface area contributed by atoms with Crippen molar-refractivity contribution in [3.05, 3.63) is 60.3 Å². The quantitative estimate of drug-likeness (QED) is 0.711. The second-order valence-electron chi connectivity index (χ2n) is 5.28. The minimum absolute atomic E-state index is 0.501. The van der Waals surface area contributed by atoms with Crippen molar-refractivity contribution in [2.45, 2.75) is 19.8 Å². The molecular weight excluding hydrogens is 265 g/mol. The van der Waals surface area contributed by atoms with Gasteiger partial charge in [0, 0.05) is 29.0 Å². The van der Waals surface area contributed by atoms with Crippen molar-refractivity contribution in [1.82, 2.24) is 9.97 Å². The third-order valence-corrected chi connectivity index (χ3v) is 3.45. The van der Waals surface area contributed by atoms with E-state index in [1.54, 1.807) is 6.20 Å². The van der Waals surface area contributed by atoms with Crippen LogP contribution in [0.4, 0.5) is 15.8 Å². The highest BCUT2D eigenvalue weighted by Gasteiger charge is 2.05. The van der Waals surface area contributed by atoms with Gasteiger partial charge in [-0.15, -0.1) is 0 Å². The maximum atomic E-state index is 13.3. The summed E-state index contributed by atoms with van der Waals surface area (Å²) in [5.74, 6) is -0.00492. The number of hydrogen-bond donors (Lipinski definition) is 1. The Labute approximate surface area is 122 Å². The molecule has 2 aromatic heterocycles. The molecule has 0 saturated heterocycles. The summed E-state index contributed by atoms with van der Waals surface area (Å²) in [7, 11) is 0. The lowest BCUT2D eigenvalue weighted by Gasteiger charge is -2.11. The highest BCUT2D eigenvalue weighted by Crippen LogP contribution is 2.26. The Morgan fingerprint density at radius 1 is 1.05 bits per heavy atom. The molecule has 0 fully saturated rings. The van der Waals surface area contributed by atoms with Gasteiger partial charge in [-0.1, -0.05) is 26.0 Å². The van der Waals surface area contributed by atoms with Crippen molar-refractivity contribution in [2.24, 2.45) is 0 Å². The lowest BCUT2D eigenvalue weighted by molar-refractivity contribution is 0.586. The molecule has 3 rings (SSSR count). The average Bonchev–Trinajstić information content (AvgIpc) is 2.48. The van der Waals surface area contributed by atoms with Crippen molar-refractivity contribution in [3.63, 3.8) is 0 Å². The predicted molar refractivity (Wildman–Crippen MR) is 83.3 cm³/mol. The fourth-order valence-corrected chi connectivity index (χ4v) is 2.24. The van der Waals surface area contributed by atoms with E-state index in [2.05, 4.69) is 41.3 Å². The highest BCUT2D eigenvalue weighted by atomic mass is 19.1. The summed E-state index contributed by atoms with van der Waals surface area (Å²) in [5, 5.41) is 4.03. The van der Waals surface area contributed by atoms with Crippen molar-refractivity contribution in [2.75, 3.05) is 5.32 Å². The summed E-state index contributed by atoms with van der Waals surface area (Å²) in [6, 6.07) is 11.5. The largest absolute Gasteiger partial charge is 0.355 e. The molecule has 2 heterocycles. The van der Waals surface area contributed by atoms with E-state index in [1.165, 1.54) is 17.8 Å². The van der Waals surface area contributed by atoms with Crippen LogP contribution in [0.25, 0.3) is 10.9 Å². The van der Waals surface area contributed by atoms with E-state index in [0.29, 0.717) is 11.4 Å². The molecule has 0 aliphatic rings. The number of rotatable bonds is 3. The SMILES string of the molecule is CC(C)c1ccc(Nc2ccnc3cnc(F)cc23)cc1. The standard InChI is InChI=1S/C17H16FN3/c1-11(2)12-3-5-13(6-4-12)21-15-7-8-19-16-10-20-17(18)9-14(15)16/h3-11H,1-2H3,(H,19,21). The van der Waals surface area contributed by atoms with Gasteiger partial charge < -0.3 is 5.32 Å². The molecule has 0 radical (unpaired) electrons. The summed E-state index contributed by atoms with van der Waals surface area (Å²) in [4.78, 5) is 7.82. The number of aromatic nitrogens is 2. The van der Waals surface area contributed by atoms with E-state index >= 15 is 0 Å². The van der Waals surface area contributed by atoms with Crippen LogP contribution in [0.5, 0.6) is 0 Å². The Balaban J connectivity index is 1.96. The number of pyridine rings is 2. The average molecular weight is 281 g/mol. The number of halogens is 1. The molecule has 0 spiro atoms. The first-order chi connectivity index (χ1) is 10.1. The fourth-order valence-electron chi connectivity index (χ4n) is 2.24. The van der Waals surface area contributed by atoms with Gasteiger partial charge in [0.05, 0.1) is 11.7 Å². The van der Waals surface area contributed by atoms with Gasteiger partial charge in [0.2, 0.25) is 5.95 Å². The maximum Gasteiger partial charge on any atom is 0.213 e. The van der Waals surface area contributed by atoms with Crippen LogP contribution < -0.4 is 5.32 Å². The zero-order valence-electron chi connectivity index (χ0n) is 12.0. The molecule has 3 aromatic rings. The molecule has 0 saturated carbocycles. The van der Waals surface area contributed by atoms with Gasteiger partial charge in [-0.3, -0.25) is 4.98 Å². The van der Waals surface area contributed by atoms with Gasteiger partial charge in [-0.25, -0.2) is 4.98 Å². The van der Waals surface area contributed by atoms with Gasteiger partial charge >= 0.3 is 0 Å². The Bertz CT molecular complexity index is 767. The number of fused-ring (bicyclic) bond motifs is 1.